The van der Waals surface area contributed by atoms with Crippen molar-refractivity contribution in [1.29, 1.82) is 0 Å². The van der Waals surface area contributed by atoms with E-state index in [1.54, 1.807) is 26.0 Å². The Kier molecular flexibility index (Phi) is 3.43. The van der Waals surface area contributed by atoms with Gasteiger partial charge in [-0.1, -0.05) is 18.2 Å². The van der Waals surface area contributed by atoms with E-state index in [9.17, 15) is 13.9 Å². The van der Waals surface area contributed by atoms with Crippen molar-refractivity contribution in [2.75, 3.05) is 0 Å². The molecular weight excluding hydrogens is 234 g/mol. The van der Waals surface area contributed by atoms with Gasteiger partial charge < -0.3 is 5.11 Å². The second kappa shape index (κ2) is 4.86. The van der Waals surface area contributed by atoms with Crippen molar-refractivity contribution >= 4 is 0 Å². The lowest BCUT2D eigenvalue weighted by molar-refractivity contribution is 0.213. The Labute approximate surface area is 105 Å². The van der Waals surface area contributed by atoms with Gasteiger partial charge in [0.1, 0.15) is 17.7 Å². The van der Waals surface area contributed by atoms with E-state index in [1.807, 2.05) is 0 Å². The van der Waals surface area contributed by atoms with Gasteiger partial charge in [0, 0.05) is 5.56 Å². The molecule has 3 heteroatoms. The van der Waals surface area contributed by atoms with E-state index >= 15 is 0 Å². The molecule has 0 spiro atoms. The molecule has 2 aromatic rings. The van der Waals surface area contributed by atoms with Gasteiger partial charge >= 0.3 is 0 Å². The van der Waals surface area contributed by atoms with E-state index < -0.39 is 11.9 Å². The zero-order valence-corrected chi connectivity index (χ0v) is 10.2. The molecule has 0 heterocycles. The summed E-state index contributed by atoms with van der Waals surface area (Å²) < 4.78 is 26.8. The van der Waals surface area contributed by atoms with Crippen LogP contribution in [0.25, 0.3) is 0 Å². The number of aliphatic hydroxyl groups is 1. The predicted molar refractivity (Wildman–Crippen MR) is 66.3 cm³/mol. The smallest absolute Gasteiger partial charge is 0.129 e. The highest BCUT2D eigenvalue weighted by molar-refractivity contribution is 5.41. The number of halogens is 2. The lowest BCUT2D eigenvalue weighted by Gasteiger charge is -2.17. The van der Waals surface area contributed by atoms with Crippen LogP contribution in [0.4, 0.5) is 8.78 Å². The van der Waals surface area contributed by atoms with E-state index in [2.05, 4.69) is 0 Å². The zero-order chi connectivity index (χ0) is 13.3. The number of hydrogen-bond donors (Lipinski definition) is 1. The first-order valence-electron chi connectivity index (χ1n) is 5.70. The number of benzene rings is 2. The molecule has 18 heavy (non-hydrogen) atoms. The van der Waals surface area contributed by atoms with E-state index in [4.69, 9.17) is 0 Å². The van der Waals surface area contributed by atoms with Gasteiger partial charge in [0.2, 0.25) is 0 Å². The third-order valence-corrected chi connectivity index (χ3v) is 3.03. The third-order valence-electron chi connectivity index (χ3n) is 3.03. The average Bonchev–Trinajstić information content (AvgIpc) is 2.27. The van der Waals surface area contributed by atoms with Crippen molar-refractivity contribution in [2.24, 2.45) is 0 Å². The maximum Gasteiger partial charge on any atom is 0.129 e. The highest BCUT2D eigenvalue weighted by Crippen LogP contribution is 2.29. The second-order valence-corrected chi connectivity index (χ2v) is 4.38. The summed E-state index contributed by atoms with van der Waals surface area (Å²) in [5.41, 5.74) is 1.99. The number of hydrogen-bond acceptors (Lipinski definition) is 1. The SMILES string of the molecule is Cc1cc(F)cc(C)c1C(O)c1ccccc1F. The summed E-state index contributed by atoms with van der Waals surface area (Å²) >= 11 is 0. The summed E-state index contributed by atoms with van der Waals surface area (Å²) in [6.07, 6.45) is -1.08. The van der Waals surface area contributed by atoms with Gasteiger partial charge in [-0.25, -0.2) is 8.78 Å². The van der Waals surface area contributed by atoms with Gasteiger partial charge in [0.05, 0.1) is 0 Å². The fourth-order valence-electron chi connectivity index (χ4n) is 2.21. The minimum absolute atomic E-state index is 0.204. The Morgan fingerprint density at radius 1 is 1.00 bits per heavy atom. The van der Waals surface area contributed by atoms with Gasteiger partial charge in [-0.2, -0.15) is 0 Å². The highest BCUT2D eigenvalue weighted by atomic mass is 19.1. The van der Waals surface area contributed by atoms with Crippen LogP contribution in [0.15, 0.2) is 36.4 Å². The molecule has 2 rings (SSSR count). The van der Waals surface area contributed by atoms with Crippen LogP contribution in [0, 0.1) is 25.5 Å². The zero-order valence-electron chi connectivity index (χ0n) is 10.2. The minimum atomic E-state index is -1.08. The monoisotopic (exact) mass is 248 g/mol. The fraction of sp³-hybridized carbons (Fsp3) is 0.200. The van der Waals surface area contributed by atoms with Gasteiger partial charge in [0.25, 0.3) is 0 Å². The average molecular weight is 248 g/mol. The van der Waals surface area contributed by atoms with Crippen molar-refractivity contribution in [3.63, 3.8) is 0 Å². The summed E-state index contributed by atoms with van der Waals surface area (Å²) in [6.45, 7) is 3.41. The van der Waals surface area contributed by atoms with Crippen LogP contribution < -0.4 is 0 Å². The van der Waals surface area contributed by atoms with Crippen LogP contribution in [0.2, 0.25) is 0 Å². The molecule has 2 aromatic carbocycles. The van der Waals surface area contributed by atoms with Crippen LogP contribution in [0.5, 0.6) is 0 Å². The van der Waals surface area contributed by atoms with Crippen LogP contribution in [0.3, 0.4) is 0 Å². The van der Waals surface area contributed by atoms with Gasteiger partial charge in [0.15, 0.2) is 0 Å². The Bertz CT molecular complexity index is 555. The first kappa shape index (κ1) is 12.7. The summed E-state index contributed by atoms with van der Waals surface area (Å²) in [6, 6.07) is 8.74. The second-order valence-electron chi connectivity index (χ2n) is 4.38. The van der Waals surface area contributed by atoms with E-state index in [0.717, 1.165) is 0 Å². The van der Waals surface area contributed by atoms with Gasteiger partial charge in [-0.3, -0.25) is 0 Å². The molecule has 1 atom stereocenters. The molecule has 0 radical (unpaired) electrons. The first-order valence-corrected chi connectivity index (χ1v) is 5.70. The fourth-order valence-corrected chi connectivity index (χ4v) is 2.21. The van der Waals surface area contributed by atoms with Gasteiger partial charge in [-0.15, -0.1) is 0 Å². The topological polar surface area (TPSA) is 20.2 Å². The molecule has 0 aliphatic carbocycles. The molecule has 0 aliphatic rings. The van der Waals surface area contributed by atoms with Crippen LogP contribution in [-0.4, -0.2) is 5.11 Å². The Morgan fingerprint density at radius 2 is 1.56 bits per heavy atom. The molecule has 1 unspecified atom stereocenters. The van der Waals surface area contributed by atoms with Gasteiger partial charge in [-0.05, 0) is 48.7 Å². The Morgan fingerprint density at radius 3 is 2.11 bits per heavy atom. The molecule has 0 saturated heterocycles. The standard InChI is InChI=1S/C15H14F2O/c1-9-7-11(16)8-10(2)14(9)15(18)12-5-3-4-6-13(12)17/h3-8,15,18H,1-2H3. The molecule has 0 aromatic heterocycles. The number of aryl methyl sites for hydroxylation is 2. The van der Waals surface area contributed by atoms with Crippen LogP contribution in [-0.2, 0) is 0 Å². The molecule has 1 N–H and O–H groups in total. The van der Waals surface area contributed by atoms with E-state index in [1.165, 1.54) is 24.3 Å². The molecule has 0 bridgehead atoms. The molecule has 1 nitrogen and oxygen atoms in total. The molecule has 0 fully saturated rings. The molecule has 0 aliphatic heterocycles. The summed E-state index contributed by atoms with van der Waals surface area (Å²) in [5.74, 6) is -0.817. The first-order chi connectivity index (χ1) is 8.50. The molecular formula is C15H14F2O. The maximum absolute atomic E-state index is 13.6. The molecule has 0 amide bonds. The number of rotatable bonds is 2. The lowest BCUT2D eigenvalue weighted by atomic mass is 9.93. The summed E-state index contributed by atoms with van der Waals surface area (Å²) in [4.78, 5) is 0. The molecule has 0 saturated carbocycles. The third kappa shape index (κ3) is 2.27. The van der Waals surface area contributed by atoms with Crippen LogP contribution >= 0.6 is 0 Å². The highest BCUT2D eigenvalue weighted by Gasteiger charge is 2.19. The summed E-state index contributed by atoms with van der Waals surface area (Å²) in [5, 5.41) is 10.3. The maximum atomic E-state index is 13.6. The van der Waals surface area contributed by atoms with E-state index in [-0.39, 0.29) is 11.4 Å². The lowest BCUT2D eigenvalue weighted by Crippen LogP contribution is -2.07. The van der Waals surface area contributed by atoms with Crippen molar-refractivity contribution in [3.8, 4) is 0 Å². The quantitative estimate of drug-likeness (QED) is 0.859. The van der Waals surface area contributed by atoms with E-state index in [0.29, 0.717) is 16.7 Å². The largest absolute Gasteiger partial charge is 0.384 e. The predicted octanol–water partition coefficient (Wildman–Crippen LogP) is 3.66. The van der Waals surface area contributed by atoms with Crippen molar-refractivity contribution < 1.29 is 13.9 Å². The van der Waals surface area contributed by atoms with Crippen molar-refractivity contribution in [3.05, 3.63) is 70.3 Å². The normalized spacial score (nSPS) is 12.5. The Balaban J connectivity index is 2.53. The van der Waals surface area contributed by atoms with Crippen molar-refractivity contribution in [1.82, 2.24) is 0 Å². The minimum Gasteiger partial charge on any atom is -0.384 e. The Hall–Kier alpha value is -1.74. The van der Waals surface area contributed by atoms with Crippen LogP contribution in [0.1, 0.15) is 28.4 Å². The summed E-state index contributed by atoms with van der Waals surface area (Å²) in [7, 11) is 0. The molecule has 94 valence electrons. The number of aliphatic hydroxyl groups excluding tert-OH is 1. The van der Waals surface area contributed by atoms with Crippen molar-refractivity contribution in [2.45, 2.75) is 20.0 Å².